The van der Waals surface area contributed by atoms with Crippen molar-refractivity contribution in [3.8, 4) is 0 Å². The van der Waals surface area contributed by atoms with Crippen molar-refractivity contribution in [3.05, 3.63) is 0 Å². The third-order valence-corrected chi connectivity index (χ3v) is 4.96. The van der Waals surface area contributed by atoms with E-state index < -0.39 is 21.8 Å². The molecule has 0 spiro atoms. The lowest BCUT2D eigenvalue weighted by Crippen LogP contribution is -2.56. The van der Waals surface area contributed by atoms with Crippen molar-refractivity contribution in [1.82, 2.24) is 9.80 Å². The van der Waals surface area contributed by atoms with Crippen molar-refractivity contribution in [2.24, 2.45) is 0 Å². The van der Waals surface area contributed by atoms with Gasteiger partial charge in [-0.2, -0.15) is 0 Å². The number of rotatable bonds is 3. The lowest BCUT2D eigenvalue weighted by molar-refractivity contribution is -0.138. The number of carbonyl (C=O) groups excluding carboxylic acids is 1. The van der Waals surface area contributed by atoms with Crippen LogP contribution in [0.4, 0.5) is 4.79 Å². The van der Waals surface area contributed by atoms with E-state index in [9.17, 15) is 18.0 Å². The Kier molecular flexibility index (Phi) is 4.78. The van der Waals surface area contributed by atoms with Crippen LogP contribution >= 0.6 is 0 Å². The number of hydrogen-bond acceptors (Lipinski definition) is 4. The highest BCUT2D eigenvalue weighted by molar-refractivity contribution is 7.91. The molecule has 0 aromatic heterocycles. The first-order valence-electron chi connectivity index (χ1n) is 6.09. The molecule has 1 atom stereocenters. The summed E-state index contributed by atoms with van der Waals surface area (Å²) in [7, 11) is -1.65. The Hall–Kier alpha value is -1.31. The van der Waals surface area contributed by atoms with Crippen LogP contribution in [0.2, 0.25) is 0 Å². The maximum absolute atomic E-state index is 12.2. The molecule has 0 saturated carbocycles. The molecule has 1 N–H and O–H groups in total. The molecule has 0 aliphatic carbocycles. The van der Waals surface area contributed by atoms with Crippen LogP contribution in [-0.2, 0) is 14.6 Å². The molecule has 0 radical (unpaired) electrons. The standard InChI is InChI=1S/C11H20N2O5S/c1-8(2)12(3)11(16)13-4-5-19(17,18)7-9(13)6-10(14)15/h8-9H,4-7H2,1-3H3,(H,14,15). The van der Waals surface area contributed by atoms with Crippen LogP contribution < -0.4 is 0 Å². The van der Waals surface area contributed by atoms with Crippen LogP contribution in [-0.4, -0.2) is 72.5 Å². The Morgan fingerprint density at radius 2 is 2.00 bits per heavy atom. The minimum Gasteiger partial charge on any atom is -0.481 e. The number of carbonyl (C=O) groups is 2. The van der Waals surface area contributed by atoms with Gasteiger partial charge in [0.15, 0.2) is 9.84 Å². The minimum absolute atomic E-state index is 0.0310. The topological polar surface area (TPSA) is 95.0 Å². The van der Waals surface area contributed by atoms with Gasteiger partial charge in [0.25, 0.3) is 0 Å². The van der Waals surface area contributed by atoms with Gasteiger partial charge in [0.2, 0.25) is 0 Å². The van der Waals surface area contributed by atoms with Crippen molar-refractivity contribution >= 4 is 21.8 Å². The second-order valence-corrected chi connectivity index (χ2v) is 7.28. The predicted octanol–water partition coefficient (Wildman–Crippen LogP) is 0.0203. The molecule has 1 aliphatic heterocycles. The van der Waals surface area contributed by atoms with Gasteiger partial charge in [0.05, 0.1) is 24.0 Å². The Balaban J connectivity index is 2.90. The molecule has 1 heterocycles. The van der Waals surface area contributed by atoms with Gasteiger partial charge < -0.3 is 14.9 Å². The fourth-order valence-electron chi connectivity index (χ4n) is 1.93. The SMILES string of the molecule is CC(C)N(C)C(=O)N1CCS(=O)(=O)CC1CC(=O)O. The van der Waals surface area contributed by atoms with Crippen LogP contribution in [0.5, 0.6) is 0 Å². The molecule has 19 heavy (non-hydrogen) atoms. The van der Waals surface area contributed by atoms with Crippen molar-refractivity contribution in [2.45, 2.75) is 32.4 Å². The molecule has 0 aromatic carbocycles. The van der Waals surface area contributed by atoms with Gasteiger partial charge in [-0.3, -0.25) is 4.79 Å². The first-order valence-corrected chi connectivity index (χ1v) is 7.92. The maximum atomic E-state index is 12.2. The summed E-state index contributed by atoms with van der Waals surface area (Å²) < 4.78 is 23.1. The fourth-order valence-corrected chi connectivity index (χ4v) is 3.46. The molecule has 2 amide bonds. The number of hydrogen-bond donors (Lipinski definition) is 1. The summed E-state index contributed by atoms with van der Waals surface area (Å²) >= 11 is 0. The molecule has 8 heteroatoms. The van der Waals surface area contributed by atoms with E-state index in [1.807, 2.05) is 13.8 Å². The van der Waals surface area contributed by atoms with Gasteiger partial charge in [-0.05, 0) is 13.8 Å². The van der Waals surface area contributed by atoms with Gasteiger partial charge in [-0.1, -0.05) is 0 Å². The zero-order chi connectivity index (χ0) is 14.8. The quantitative estimate of drug-likeness (QED) is 0.791. The minimum atomic E-state index is -3.27. The van der Waals surface area contributed by atoms with E-state index in [-0.39, 0.29) is 36.5 Å². The Morgan fingerprint density at radius 3 is 2.47 bits per heavy atom. The molecule has 1 unspecified atom stereocenters. The Morgan fingerprint density at radius 1 is 1.42 bits per heavy atom. The fraction of sp³-hybridized carbons (Fsp3) is 0.818. The lowest BCUT2D eigenvalue weighted by atomic mass is 10.2. The van der Waals surface area contributed by atoms with E-state index in [4.69, 9.17) is 5.11 Å². The average Bonchev–Trinajstić information content (AvgIpc) is 2.25. The van der Waals surface area contributed by atoms with E-state index in [0.717, 1.165) is 0 Å². The number of urea groups is 1. The summed E-state index contributed by atoms with van der Waals surface area (Å²) in [6.07, 6.45) is -0.350. The zero-order valence-corrected chi connectivity index (χ0v) is 12.2. The van der Waals surface area contributed by atoms with Gasteiger partial charge in [-0.15, -0.1) is 0 Å². The molecule has 1 saturated heterocycles. The first-order chi connectivity index (χ1) is 8.64. The monoisotopic (exact) mass is 292 g/mol. The van der Waals surface area contributed by atoms with Crippen molar-refractivity contribution < 1.29 is 23.1 Å². The molecular weight excluding hydrogens is 272 g/mol. The number of sulfone groups is 1. The van der Waals surface area contributed by atoms with E-state index in [2.05, 4.69) is 0 Å². The van der Waals surface area contributed by atoms with Crippen LogP contribution in [0, 0.1) is 0 Å². The normalized spacial score (nSPS) is 22.3. The van der Waals surface area contributed by atoms with Crippen LogP contribution in [0.25, 0.3) is 0 Å². The summed E-state index contributed by atoms with van der Waals surface area (Å²) in [5.41, 5.74) is 0. The van der Waals surface area contributed by atoms with Gasteiger partial charge in [-0.25, -0.2) is 13.2 Å². The number of carboxylic acid groups (broad SMARTS) is 1. The van der Waals surface area contributed by atoms with Gasteiger partial charge >= 0.3 is 12.0 Å². The largest absolute Gasteiger partial charge is 0.481 e. The van der Waals surface area contributed by atoms with Crippen molar-refractivity contribution in [1.29, 1.82) is 0 Å². The maximum Gasteiger partial charge on any atom is 0.320 e. The Bertz CT molecular complexity index is 460. The van der Waals surface area contributed by atoms with Crippen molar-refractivity contribution in [3.63, 3.8) is 0 Å². The summed E-state index contributed by atoms with van der Waals surface area (Å²) in [4.78, 5) is 25.8. The highest BCUT2D eigenvalue weighted by atomic mass is 32.2. The molecule has 7 nitrogen and oxygen atoms in total. The van der Waals surface area contributed by atoms with Gasteiger partial charge in [0, 0.05) is 19.6 Å². The number of carboxylic acids is 1. The second kappa shape index (κ2) is 5.77. The van der Waals surface area contributed by atoms with Crippen LogP contribution in [0.3, 0.4) is 0 Å². The summed E-state index contributed by atoms with van der Waals surface area (Å²) in [5.74, 6) is -1.50. The third kappa shape index (κ3) is 4.09. The average molecular weight is 292 g/mol. The molecule has 0 aromatic rings. The predicted molar refractivity (Wildman–Crippen MR) is 69.7 cm³/mol. The number of nitrogens with zero attached hydrogens (tertiary/aromatic N) is 2. The zero-order valence-electron chi connectivity index (χ0n) is 11.4. The number of amides is 2. The van der Waals surface area contributed by atoms with E-state index in [1.165, 1.54) is 9.80 Å². The molecule has 0 bridgehead atoms. The van der Waals surface area contributed by atoms with Gasteiger partial charge in [0.1, 0.15) is 0 Å². The summed E-state index contributed by atoms with van der Waals surface area (Å²) in [6, 6.07) is -1.14. The number of aliphatic carboxylic acids is 1. The first kappa shape index (κ1) is 15.7. The molecule has 1 aliphatic rings. The van der Waals surface area contributed by atoms with E-state index in [1.54, 1.807) is 7.05 Å². The molecule has 1 rings (SSSR count). The third-order valence-electron chi connectivity index (χ3n) is 3.26. The molecule has 1 fully saturated rings. The van der Waals surface area contributed by atoms with Crippen LogP contribution in [0.15, 0.2) is 0 Å². The highest BCUT2D eigenvalue weighted by Gasteiger charge is 2.36. The van der Waals surface area contributed by atoms with Crippen molar-refractivity contribution in [2.75, 3.05) is 25.1 Å². The smallest absolute Gasteiger partial charge is 0.320 e. The summed E-state index contributed by atoms with van der Waals surface area (Å²) in [5, 5.41) is 8.84. The second-order valence-electron chi connectivity index (χ2n) is 5.05. The highest BCUT2D eigenvalue weighted by Crippen LogP contribution is 2.17. The van der Waals surface area contributed by atoms with E-state index >= 15 is 0 Å². The van der Waals surface area contributed by atoms with E-state index in [0.29, 0.717) is 0 Å². The lowest BCUT2D eigenvalue weighted by Gasteiger charge is -2.38. The molecule has 110 valence electrons. The molecular formula is C11H20N2O5S. The Labute approximate surface area is 113 Å². The summed E-state index contributed by atoms with van der Waals surface area (Å²) in [6.45, 7) is 3.73. The van der Waals surface area contributed by atoms with Crippen LogP contribution in [0.1, 0.15) is 20.3 Å².